The summed E-state index contributed by atoms with van der Waals surface area (Å²) in [5.41, 5.74) is 1.31. The molecule has 1 N–H and O–H groups in total. The Morgan fingerprint density at radius 3 is 2.57 bits per heavy atom. The molecule has 1 heterocycles. The summed E-state index contributed by atoms with van der Waals surface area (Å²) >= 11 is 0. The van der Waals surface area contributed by atoms with Crippen LogP contribution >= 0.6 is 0 Å². The smallest absolute Gasteiger partial charge is 0.414 e. The lowest BCUT2D eigenvalue weighted by Crippen LogP contribution is -2.40. The maximum absolute atomic E-state index is 12.3. The number of fused-ring (bicyclic) bond motifs is 1. The average molecular weight is 291 g/mol. The highest BCUT2D eigenvalue weighted by Crippen LogP contribution is 2.36. The van der Waals surface area contributed by atoms with Gasteiger partial charge in [0.15, 0.2) is 0 Å². The summed E-state index contributed by atoms with van der Waals surface area (Å²) in [5, 5.41) is 9.10. The summed E-state index contributed by atoms with van der Waals surface area (Å²) in [5.74, 6) is -0.739. The van der Waals surface area contributed by atoms with Gasteiger partial charge in [-0.2, -0.15) is 0 Å². The van der Waals surface area contributed by atoms with Gasteiger partial charge in [0.2, 0.25) is 0 Å². The Labute approximate surface area is 124 Å². The molecule has 1 aliphatic rings. The predicted octanol–water partition coefficient (Wildman–Crippen LogP) is 3.63. The third kappa shape index (κ3) is 3.35. The van der Waals surface area contributed by atoms with Crippen molar-refractivity contribution in [3.05, 3.63) is 29.3 Å². The summed E-state index contributed by atoms with van der Waals surface area (Å²) in [6.45, 7) is 8.09. The largest absolute Gasteiger partial charge is 0.478 e. The molecule has 1 aromatic carbocycles. The van der Waals surface area contributed by atoms with Gasteiger partial charge in [0, 0.05) is 6.54 Å². The second-order valence-electron chi connectivity index (χ2n) is 6.40. The van der Waals surface area contributed by atoms with Crippen LogP contribution in [0.4, 0.5) is 10.5 Å². The van der Waals surface area contributed by atoms with Crippen molar-refractivity contribution in [3.63, 3.8) is 0 Å². The monoisotopic (exact) mass is 291 g/mol. The lowest BCUT2D eigenvalue weighted by molar-refractivity contribution is 0.0576. The van der Waals surface area contributed by atoms with Crippen LogP contribution in [-0.2, 0) is 4.74 Å². The number of amides is 1. The highest BCUT2D eigenvalue weighted by molar-refractivity contribution is 5.93. The Kier molecular flexibility index (Phi) is 3.94. The van der Waals surface area contributed by atoms with Crippen molar-refractivity contribution in [2.75, 3.05) is 11.4 Å². The standard InChI is InChI=1S/C16H21NO4/c1-10-7-8-17(15(20)21-16(2,3)4)13-6-5-11(14(18)19)9-12(10)13/h5-6,9-10H,7-8H2,1-4H3,(H,18,19). The van der Waals surface area contributed by atoms with Crippen LogP contribution in [0.5, 0.6) is 0 Å². The Morgan fingerprint density at radius 1 is 1.33 bits per heavy atom. The van der Waals surface area contributed by atoms with Gasteiger partial charge in [-0.25, -0.2) is 9.59 Å². The number of carboxylic acids is 1. The van der Waals surface area contributed by atoms with Crippen molar-refractivity contribution in [1.29, 1.82) is 0 Å². The van der Waals surface area contributed by atoms with E-state index >= 15 is 0 Å². The van der Waals surface area contributed by atoms with Crippen molar-refractivity contribution in [3.8, 4) is 0 Å². The maximum atomic E-state index is 12.3. The molecule has 1 atom stereocenters. The van der Waals surface area contributed by atoms with E-state index in [1.54, 1.807) is 17.0 Å². The molecule has 0 bridgehead atoms. The van der Waals surface area contributed by atoms with Gasteiger partial charge >= 0.3 is 12.1 Å². The Bertz CT molecular complexity index is 574. The van der Waals surface area contributed by atoms with Crippen LogP contribution < -0.4 is 4.90 Å². The molecule has 21 heavy (non-hydrogen) atoms. The van der Waals surface area contributed by atoms with E-state index in [-0.39, 0.29) is 11.5 Å². The second-order valence-corrected chi connectivity index (χ2v) is 6.40. The Morgan fingerprint density at radius 2 is 2.00 bits per heavy atom. The molecule has 0 radical (unpaired) electrons. The molecule has 114 valence electrons. The number of ether oxygens (including phenoxy) is 1. The average Bonchev–Trinajstić information content (AvgIpc) is 2.36. The summed E-state index contributed by atoms with van der Waals surface area (Å²) in [7, 11) is 0. The molecule has 1 aliphatic heterocycles. The minimum Gasteiger partial charge on any atom is -0.478 e. The molecule has 1 aromatic rings. The number of nitrogens with zero attached hydrogens (tertiary/aromatic N) is 1. The molecule has 0 spiro atoms. The van der Waals surface area contributed by atoms with Crippen molar-refractivity contribution < 1.29 is 19.4 Å². The molecule has 0 fully saturated rings. The van der Waals surface area contributed by atoms with E-state index in [0.717, 1.165) is 17.7 Å². The molecule has 0 saturated carbocycles. The lowest BCUT2D eigenvalue weighted by Gasteiger charge is -2.34. The molecule has 5 heteroatoms. The number of aromatic carboxylic acids is 1. The van der Waals surface area contributed by atoms with E-state index in [0.29, 0.717) is 6.54 Å². The van der Waals surface area contributed by atoms with Gasteiger partial charge < -0.3 is 9.84 Å². The van der Waals surface area contributed by atoms with Crippen molar-refractivity contribution in [1.82, 2.24) is 0 Å². The quantitative estimate of drug-likeness (QED) is 0.858. The fraction of sp³-hybridized carbons (Fsp3) is 0.500. The minimum absolute atomic E-state index is 0.220. The number of hydrogen-bond donors (Lipinski definition) is 1. The normalized spacial score (nSPS) is 18.1. The molecule has 5 nitrogen and oxygen atoms in total. The van der Waals surface area contributed by atoms with E-state index in [9.17, 15) is 9.59 Å². The van der Waals surface area contributed by atoms with Gasteiger partial charge in [-0.1, -0.05) is 6.92 Å². The second kappa shape index (κ2) is 5.39. The number of anilines is 1. The van der Waals surface area contributed by atoms with Crippen molar-refractivity contribution in [2.45, 2.75) is 45.6 Å². The predicted molar refractivity (Wildman–Crippen MR) is 80.0 cm³/mol. The third-order valence-electron chi connectivity index (χ3n) is 3.50. The number of carboxylic acid groups (broad SMARTS) is 1. The molecule has 0 aromatic heterocycles. The topological polar surface area (TPSA) is 66.8 Å². The number of carbonyl (C=O) groups is 2. The van der Waals surface area contributed by atoms with Crippen LogP contribution in [0.2, 0.25) is 0 Å². The number of benzene rings is 1. The van der Waals surface area contributed by atoms with Crippen LogP contribution in [0.3, 0.4) is 0 Å². The lowest BCUT2D eigenvalue weighted by atomic mass is 9.90. The summed E-state index contributed by atoms with van der Waals surface area (Å²) in [4.78, 5) is 25.0. The van der Waals surface area contributed by atoms with E-state index in [2.05, 4.69) is 0 Å². The molecule has 1 amide bonds. The van der Waals surface area contributed by atoms with Gasteiger partial charge in [-0.15, -0.1) is 0 Å². The highest BCUT2D eigenvalue weighted by atomic mass is 16.6. The van der Waals surface area contributed by atoms with Gasteiger partial charge in [-0.3, -0.25) is 4.90 Å². The SMILES string of the molecule is CC1CCN(C(=O)OC(C)(C)C)c2ccc(C(=O)O)cc21. The van der Waals surface area contributed by atoms with Crippen molar-refractivity contribution in [2.24, 2.45) is 0 Å². The first-order valence-electron chi connectivity index (χ1n) is 7.07. The zero-order chi connectivity index (χ0) is 15.8. The Hall–Kier alpha value is -2.04. The van der Waals surface area contributed by atoms with Crippen molar-refractivity contribution >= 4 is 17.7 Å². The summed E-state index contributed by atoms with van der Waals surface area (Å²) in [6, 6.07) is 4.87. The number of hydrogen-bond acceptors (Lipinski definition) is 3. The zero-order valence-corrected chi connectivity index (χ0v) is 12.8. The van der Waals surface area contributed by atoms with E-state index in [4.69, 9.17) is 9.84 Å². The van der Waals surface area contributed by atoms with E-state index in [1.807, 2.05) is 27.7 Å². The fourth-order valence-electron chi connectivity index (χ4n) is 2.43. The summed E-state index contributed by atoms with van der Waals surface area (Å²) < 4.78 is 5.42. The molecule has 2 rings (SSSR count). The first kappa shape index (κ1) is 15.4. The third-order valence-corrected chi connectivity index (χ3v) is 3.50. The summed E-state index contributed by atoms with van der Waals surface area (Å²) in [6.07, 6.45) is 0.397. The first-order chi connectivity index (χ1) is 9.69. The van der Waals surface area contributed by atoms with Crippen LogP contribution in [0.15, 0.2) is 18.2 Å². The van der Waals surface area contributed by atoms with Crippen LogP contribution in [-0.4, -0.2) is 29.3 Å². The maximum Gasteiger partial charge on any atom is 0.414 e. The number of carbonyl (C=O) groups excluding carboxylic acids is 1. The minimum atomic E-state index is -0.959. The fourth-order valence-corrected chi connectivity index (χ4v) is 2.43. The molecular weight excluding hydrogens is 270 g/mol. The van der Waals surface area contributed by atoms with Crippen LogP contribution in [0, 0.1) is 0 Å². The first-order valence-corrected chi connectivity index (χ1v) is 7.07. The highest BCUT2D eigenvalue weighted by Gasteiger charge is 2.30. The Balaban J connectivity index is 2.36. The van der Waals surface area contributed by atoms with E-state index in [1.165, 1.54) is 6.07 Å². The van der Waals surface area contributed by atoms with Crippen LogP contribution in [0.1, 0.15) is 56.0 Å². The van der Waals surface area contributed by atoms with Gasteiger partial charge in [0.05, 0.1) is 11.3 Å². The number of rotatable bonds is 1. The molecule has 1 unspecified atom stereocenters. The van der Waals surface area contributed by atoms with Crippen LogP contribution in [0.25, 0.3) is 0 Å². The van der Waals surface area contributed by atoms with Gasteiger partial charge in [0.25, 0.3) is 0 Å². The zero-order valence-electron chi connectivity index (χ0n) is 12.8. The molecule has 0 saturated heterocycles. The van der Waals surface area contributed by atoms with Gasteiger partial charge in [0.1, 0.15) is 5.60 Å². The molecule has 0 aliphatic carbocycles. The molecular formula is C16H21NO4. The van der Waals surface area contributed by atoms with Gasteiger partial charge in [-0.05, 0) is 56.9 Å². The van der Waals surface area contributed by atoms with E-state index < -0.39 is 17.7 Å².